The van der Waals surface area contributed by atoms with Gasteiger partial charge in [-0.15, -0.1) is 0 Å². The van der Waals surface area contributed by atoms with E-state index in [9.17, 15) is 0 Å². The van der Waals surface area contributed by atoms with Gasteiger partial charge in [-0.05, 0) is 23.0 Å². The molecule has 1 aliphatic carbocycles. The standard InChI is InChI=1S/C12H19N3/c1-11(2)10(12(11,3)4)15-9-7-5-6-8(13)14-9/h5-7,10H,1-4H3,(H3,13,14,15). The first-order valence-corrected chi connectivity index (χ1v) is 5.35. The molecule has 0 spiro atoms. The molecule has 1 heterocycles. The predicted molar refractivity (Wildman–Crippen MR) is 63.6 cm³/mol. The lowest BCUT2D eigenvalue weighted by atomic mass is 10.0. The van der Waals surface area contributed by atoms with Crippen molar-refractivity contribution in [2.24, 2.45) is 10.8 Å². The van der Waals surface area contributed by atoms with Crippen LogP contribution in [0.15, 0.2) is 18.2 Å². The van der Waals surface area contributed by atoms with Crippen LogP contribution in [0.4, 0.5) is 11.6 Å². The van der Waals surface area contributed by atoms with Crippen LogP contribution < -0.4 is 11.1 Å². The number of nitrogens with zero attached hydrogens (tertiary/aromatic N) is 1. The highest BCUT2D eigenvalue weighted by atomic mass is 15.1. The van der Waals surface area contributed by atoms with Crippen LogP contribution in [0.3, 0.4) is 0 Å². The Balaban J connectivity index is 2.12. The molecule has 0 radical (unpaired) electrons. The van der Waals surface area contributed by atoms with Crippen molar-refractivity contribution in [2.75, 3.05) is 11.1 Å². The summed E-state index contributed by atoms with van der Waals surface area (Å²) in [6.07, 6.45) is 0. The summed E-state index contributed by atoms with van der Waals surface area (Å²) in [4.78, 5) is 4.25. The van der Waals surface area contributed by atoms with Crippen LogP contribution in [0.5, 0.6) is 0 Å². The smallest absolute Gasteiger partial charge is 0.128 e. The van der Waals surface area contributed by atoms with E-state index in [4.69, 9.17) is 5.73 Å². The Bertz CT molecular complexity index is 368. The van der Waals surface area contributed by atoms with Gasteiger partial charge in [0, 0.05) is 6.04 Å². The molecule has 1 saturated carbocycles. The van der Waals surface area contributed by atoms with Gasteiger partial charge in [0.25, 0.3) is 0 Å². The third-order valence-electron chi connectivity index (χ3n) is 4.08. The number of nitrogen functional groups attached to an aromatic ring is 1. The molecule has 0 atom stereocenters. The van der Waals surface area contributed by atoms with E-state index in [0.717, 1.165) is 5.82 Å². The summed E-state index contributed by atoms with van der Waals surface area (Å²) in [5.41, 5.74) is 6.28. The molecule has 3 heteroatoms. The fraction of sp³-hybridized carbons (Fsp3) is 0.583. The predicted octanol–water partition coefficient (Wildman–Crippen LogP) is 2.51. The lowest BCUT2D eigenvalue weighted by Gasteiger charge is -2.07. The van der Waals surface area contributed by atoms with Crippen LogP contribution >= 0.6 is 0 Å². The SMILES string of the molecule is CC1(C)C(Nc2cccc(N)n2)C1(C)C. The molecule has 15 heavy (non-hydrogen) atoms. The van der Waals surface area contributed by atoms with Gasteiger partial charge < -0.3 is 11.1 Å². The monoisotopic (exact) mass is 205 g/mol. The van der Waals surface area contributed by atoms with E-state index in [1.165, 1.54) is 0 Å². The zero-order valence-corrected chi connectivity index (χ0v) is 9.83. The molecule has 0 amide bonds. The van der Waals surface area contributed by atoms with E-state index in [-0.39, 0.29) is 0 Å². The number of rotatable bonds is 2. The second-order valence-corrected chi connectivity index (χ2v) is 5.47. The van der Waals surface area contributed by atoms with Crippen molar-refractivity contribution in [2.45, 2.75) is 33.7 Å². The van der Waals surface area contributed by atoms with Gasteiger partial charge in [-0.2, -0.15) is 0 Å². The Kier molecular flexibility index (Phi) is 1.97. The molecule has 1 fully saturated rings. The lowest BCUT2D eigenvalue weighted by molar-refractivity contribution is 0.457. The summed E-state index contributed by atoms with van der Waals surface area (Å²) in [6.45, 7) is 9.10. The highest BCUT2D eigenvalue weighted by Gasteiger charge is 2.65. The van der Waals surface area contributed by atoms with E-state index in [2.05, 4.69) is 38.0 Å². The van der Waals surface area contributed by atoms with Gasteiger partial charge in [-0.3, -0.25) is 0 Å². The second-order valence-electron chi connectivity index (χ2n) is 5.47. The first-order chi connectivity index (χ1) is 6.85. The highest BCUT2D eigenvalue weighted by Crippen LogP contribution is 2.63. The quantitative estimate of drug-likeness (QED) is 0.780. The molecule has 0 bridgehead atoms. The number of nitrogens with one attached hydrogen (secondary N) is 1. The minimum Gasteiger partial charge on any atom is -0.384 e. The maximum absolute atomic E-state index is 5.64. The molecule has 0 unspecified atom stereocenters. The van der Waals surface area contributed by atoms with Crippen LogP contribution in [0, 0.1) is 10.8 Å². The number of anilines is 2. The largest absolute Gasteiger partial charge is 0.384 e. The zero-order chi connectivity index (χ0) is 11.3. The van der Waals surface area contributed by atoms with Crippen LogP contribution in [0.1, 0.15) is 27.7 Å². The second kappa shape index (κ2) is 2.87. The van der Waals surface area contributed by atoms with Crippen LogP contribution in [-0.2, 0) is 0 Å². The molecule has 3 N–H and O–H groups in total. The summed E-state index contributed by atoms with van der Waals surface area (Å²) in [5.74, 6) is 1.44. The van der Waals surface area contributed by atoms with Crippen LogP contribution in [-0.4, -0.2) is 11.0 Å². The van der Waals surface area contributed by atoms with Gasteiger partial charge in [0.1, 0.15) is 11.6 Å². The average Bonchev–Trinajstić information content (AvgIpc) is 2.48. The van der Waals surface area contributed by atoms with Gasteiger partial charge in [-0.25, -0.2) is 4.98 Å². The van der Waals surface area contributed by atoms with Crippen molar-refractivity contribution in [1.82, 2.24) is 4.98 Å². The first-order valence-electron chi connectivity index (χ1n) is 5.35. The number of nitrogens with two attached hydrogens (primary N) is 1. The van der Waals surface area contributed by atoms with E-state index < -0.39 is 0 Å². The van der Waals surface area contributed by atoms with Crippen LogP contribution in [0.25, 0.3) is 0 Å². The fourth-order valence-electron chi connectivity index (χ4n) is 2.24. The molecule has 0 aliphatic heterocycles. The Morgan fingerprint density at radius 1 is 1.20 bits per heavy atom. The number of hydrogen-bond donors (Lipinski definition) is 2. The highest BCUT2D eigenvalue weighted by molar-refractivity contribution is 5.46. The molecule has 0 saturated heterocycles. The van der Waals surface area contributed by atoms with E-state index in [0.29, 0.717) is 22.7 Å². The molecular weight excluding hydrogens is 186 g/mol. The Morgan fingerprint density at radius 2 is 1.80 bits per heavy atom. The molecule has 3 nitrogen and oxygen atoms in total. The third kappa shape index (κ3) is 1.46. The molecule has 82 valence electrons. The van der Waals surface area contributed by atoms with Crippen molar-refractivity contribution in [3.05, 3.63) is 18.2 Å². The maximum atomic E-state index is 5.64. The van der Waals surface area contributed by atoms with Crippen LogP contribution in [0.2, 0.25) is 0 Å². The summed E-state index contributed by atoms with van der Waals surface area (Å²) in [6, 6.07) is 6.15. The third-order valence-corrected chi connectivity index (χ3v) is 4.08. The molecule has 1 aromatic heterocycles. The van der Waals surface area contributed by atoms with Gasteiger partial charge in [-0.1, -0.05) is 33.8 Å². The van der Waals surface area contributed by atoms with E-state index >= 15 is 0 Å². The van der Waals surface area contributed by atoms with Crippen molar-refractivity contribution >= 4 is 11.6 Å². The summed E-state index contributed by atoms with van der Waals surface area (Å²) >= 11 is 0. The summed E-state index contributed by atoms with van der Waals surface area (Å²) < 4.78 is 0. The molecule has 1 aromatic rings. The van der Waals surface area contributed by atoms with Gasteiger partial charge >= 0.3 is 0 Å². The first kappa shape index (κ1) is 10.3. The van der Waals surface area contributed by atoms with E-state index in [1.807, 2.05) is 12.1 Å². The molecule has 2 rings (SSSR count). The Hall–Kier alpha value is -1.25. The number of aromatic nitrogens is 1. The van der Waals surface area contributed by atoms with E-state index in [1.54, 1.807) is 6.07 Å². The normalized spacial score (nSPS) is 22.4. The Labute approximate surface area is 91.1 Å². The van der Waals surface area contributed by atoms with Crippen molar-refractivity contribution in [1.29, 1.82) is 0 Å². The lowest BCUT2D eigenvalue weighted by Crippen LogP contribution is -2.11. The van der Waals surface area contributed by atoms with Gasteiger partial charge in [0.2, 0.25) is 0 Å². The molecule has 0 aromatic carbocycles. The maximum Gasteiger partial charge on any atom is 0.128 e. The molecule has 1 aliphatic rings. The molecular formula is C12H19N3. The van der Waals surface area contributed by atoms with Crippen molar-refractivity contribution in [3.63, 3.8) is 0 Å². The van der Waals surface area contributed by atoms with Gasteiger partial charge in [0.05, 0.1) is 0 Å². The topological polar surface area (TPSA) is 50.9 Å². The summed E-state index contributed by atoms with van der Waals surface area (Å²) in [5, 5.41) is 3.45. The van der Waals surface area contributed by atoms with Gasteiger partial charge in [0.15, 0.2) is 0 Å². The zero-order valence-electron chi connectivity index (χ0n) is 9.83. The minimum absolute atomic E-state index is 0.319. The number of hydrogen-bond acceptors (Lipinski definition) is 3. The van der Waals surface area contributed by atoms with Crippen molar-refractivity contribution in [3.8, 4) is 0 Å². The number of pyridine rings is 1. The fourth-order valence-corrected chi connectivity index (χ4v) is 2.24. The minimum atomic E-state index is 0.319. The summed E-state index contributed by atoms with van der Waals surface area (Å²) in [7, 11) is 0. The Morgan fingerprint density at radius 3 is 2.27 bits per heavy atom. The van der Waals surface area contributed by atoms with Crippen molar-refractivity contribution < 1.29 is 0 Å². The average molecular weight is 205 g/mol.